The third kappa shape index (κ3) is 4.94. The number of aliphatic hydroxyl groups is 4. The van der Waals surface area contributed by atoms with Crippen molar-refractivity contribution in [2.24, 2.45) is 0 Å². The van der Waals surface area contributed by atoms with E-state index >= 15 is 0 Å². The van der Waals surface area contributed by atoms with Gasteiger partial charge in [-0.15, -0.1) is 0 Å². The van der Waals surface area contributed by atoms with Crippen molar-refractivity contribution in [3.05, 3.63) is 47.5 Å². The Morgan fingerprint density at radius 3 is 2.30 bits per heavy atom. The van der Waals surface area contributed by atoms with Gasteiger partial charge in [0.15, 0.2) is 11.5 Å². The molecule has 6 N–H and O–H groups in total. The van der Waals surface area contributed by atoms with Gasteiger partial charge in [-0.2, -0.15) is 0 Å². The highest BCUT2D eigenvalue weighted by Gasteiger charge is 2.44. The summed E-state index contributed by atoms with van der Waals surface area (Å²) in [6, 6.07) is 9.62. The van der Waals surface area contributed by atoms with Gasteiger partial charge in [0, 0.05) is 6.07 Å². The summed E-state index contributed by atoms with van der Waals surface area (Å²) < 4.78 is 15.9. The number of phenolic OH excluding ortho intramolecular Hbond substituents is 2. The zero-order valence-electron chi connectivity index (χ0n) is 16.4. The van der Waals surface area contributed by atoms with Gasteiger partial charge in [0.2, 0.25) is 6.29 Å². The summed E-state index contributed by atoms with van der Waals surface area (Å²) in [5.41, 5.74) is 1.60. The highest BCUT2D eigenvalue weighted by Crippen LogP contribution is 2.29. The Balaban J connectivity index is 1.70. The van der Waals surface area contributed by atoms with E-state index in [1.807, 2.05) is 6.07 Å². The van der Waals surface area contributed by atoms with Crippen LogP contribution in [0.3, 0.4) is 0 Å². The van der Waals surface area contributed by atoms with E-state index in [-0.39, 0.29) is 17.2 Å². The smallest absolute Gasteiger partial charge is 0.229 e. The Morgan fingerprint density at radius 1 is 0.900 bits per heavy atom. The number of phenols is 2. The molecule has 30 heavy (non-hydrogen) atoms. The average Bonchev–Trinajstić information content (AvgIpc) is 2.72. The summed E-state index contributed by atoms with van der Waals surface area (Å²) in [6.07, 6.45) is -5.92. The Hall–Kier alpha value is -2.56. The number of methoxy groups -OCH3 is 1. The van der Waals surface area contributed by atoms with Gasteiger partial charge in [-0.25, -0.2) is 0 Å². The van der Waals surface area contributed by atoms with Crippen LogP contribution in [0.1, 0.15) is 11.1 Å². The molecule has 1 aliphatic rings. The van der Waals surface area contributed by atoms with E-state index < -0.39 is 37.3 Å². The fourth-order valence-corrected chi connectivity index (χ4v) is 3.33. The van der Waals surface area contributed by atoms with Crippen molar-refractivity contribution in [2.75, 3.05) is 13.7 Å². The zero-order valence-corrected chi connectivity index (χ0v) is 16.4. The number of aryl methyl sites for hydroxylation is 2. The van der Waals surface area contributed by atoms with E-state index in [4.69, 9.17) is 14.2 Å². The minimum Gasteiger partial charge on any atom is -0.508 e. The quantitative estimate of drug-likeness (QED) is 0.364. The minimum atomic E-state index is -1.56. The number of ether oxygens (including phenoxy) is 3. The largest absolute Gasteiger partial charge is 0.508 e. The van der Waals surface area contributed by atoms with Crippen LogP contribution >= 0.6 is 0 Å². The summed E-state index contributed by atoms with van der Waals surface area (Å²) >= 11 is 0. The SMILES string of the molecule is COc1ccc(CCc2cc(O)cc(OC3OC(CO)C(O)C(O)C3O)c2)cc1O. The molecule has 164 valence electrons. The van der Waals surface area contributed by atoms with Gasteiger partial charge in [0.25, 0.3) is 0 Å². The van der Waals surface area contributed by atoms with Crippen LogP contribution in [0.4, 0.5) is 0 Å². The highest BCUT2D eigenvalue weighted by molar-refractivity contribution is 5.42. The van der Waals surface area contributed by atoms with Crippen LogP contribution in [-0.2, 0) is 17.6 Å². The molecule has 0 aromatic heterocycles. The number of aromatic hydroxyl groups is 2. The van der Waals surface area contributed by atoms with Gasteiger partial charge in [-0.1, -0.05) is 6.07 Å². The molecule has 0 amide bonds. The lowest BCUT2D eigenvalue weighted by Crippen LogP contribution is -2.60. The second-order valence-corrected chi connectivity index (χ2v) is 7.16. The van der Waals surface area contributed by atoms with Crippen LogP contribution in [0.15, 0.2) is 36.4 Å². The lowest BCUT2D eigenvalue weighted by atomic mass is 9.99. The van der Waals surface area contributed by atoms with Crippen molar-refractivity contribution in [1.82, 2.24) is 0 Å². The lowest BCUT2D eigenvalue weighted by Gasteiger charge is -2.39. The van der Waals surface area contributed by atoms with Crippen molar-refractivity contribution < 1.29 is 44.8 Å². The molecular weight excluding hydrogens is 396 g/mol. The molecule has 2 aromatic rings. The molecule has 3 rings (SSSR count). The fourth-order valence-electron chi connectivity index (χ4n) is 3.33. The monoisotopic (exact) mass is 422 g/mol. The second-order valence-electron chi connectivity index (χ2n) is 7.16. The van der Waals surface area contributed by atoms with E-state index in [0.29, 0.717) is 18.6 Å². The molecule has 2 aromatic carbocycles. The summed E-state index contributed by atoms with van der Waals surface area (Å²) in [7, 11) is 1.47. The minimum absolute atomic E-state index is 0.0394. The first-order chi connectivity index (χ1) is 14.3. The zero-order chi connectivity index (χ0) is 21.8. The van der Waals surface area contributed by atoms with Gasteiger partial charge in [-0.3, -0.25) is 0 Å². The van der Waals surface area contributed by atoms with Gasteiger partial charge in [0.05, 0.1) is 13.7 Å². The molecule has 1 fully saturated rings. The normalized spacial score (nSPS) is 26.4. The van der Waals surface area contributed by atoms with Crippen molar-refractivity contribution in [2.45, 2.75) is 43.5 Å². The van der Waals surface area contributed by atoms with Crippen LogP contribution in [0.2, 0.25) is 0 Å². The fraction of sp³-hybridized carbons (Fsp3) is 0.429. The molecule has 0 aliphatic carbocycles. The maximum Gasteiger partial charge on any atom is 0.229 e. The summed E-state index contributed by atoms with van der Waals surface area (Å²) in [6.45, 7) is -0.565. The number of rotatable bonds is 7. The van der Waals surface area contributed by atoms with Crippen LogP contribution in [0, 0.1) is 0 Å². The van der Waals surface area contributed by atoms with Crippen LogP contribution in [-0.4, -0.2) is 75.1 Å². The third-order valence-electron chi connectivity index (χ3n) is 5.00. The topological polar surface area (TPSA) is 149 Å². The maximum absolute atomic E-state index is 10.1. The van der Waals surface area contributed by atoms with Gasteiger partial charge in [0.1, 0.15) is 35.9 Å². The van der Waals surface area contributed by atoms with Gasteiger partial charge < -0.3 is 44.8 Å². The molecule has 1 aliphatic heterocycles. The van der Waals surface area contributed by atoms with E-state index in [1.54, 1.807) is 24.3 Å². The van der Waals surface area contributed by atoms with Gasteiger partial charge >= 0.3 is 0 Å². The Bertz CT molecular complexity index is 854. The molecule has 1 heterocycles. The molecule has 5 atom stereocenters. The predicted molar refractivity (Wildman–Crippen MR) is 105 cm³/mol. The molecule has 5 unspecified atom stereocenters. The van der Waals surface area contributed by atoms with E-state index in [9.17, 15) is 30.6 Å². The van der Waals surface area contributed by atoms with Crippen LogP contribution in [0.5, 0.6) is 23.0 Å². The van der Waals surface area contributed by atoms with Crippen molar-refractivity contribution >= 4 is 0 Å². The van der Waals surface area contributed by atoms with Crippen molar-refractivity contribution in [3.63, 3.8) is 0 Å². The standard InChI is InChI=1S/C21H26O9/c1-28-16-5-4-11(8-15(16)24)2-3-12-6-13(23)9-14(7-12)29-21-20(27)19(26)18(25)17(10-22)30-21/h4-9,17-27H,2-3,10H2,1H3. The van der Waals surface area contributed by atoms with Crippen molar-refractivity contribution in [1.29, 1.82) is 0 Å². The first-order valence-electron chi connectivity index (χ1n) is 9.48. The molecule has 9 heteroatoms. The highest BCUT2D eigenvalue weighted by atomic mass is 16.7. The summed E-state index contributed by atoms with van der Waals surface area (Å²) in [5, 5.41) is 59.0. The summed E-state index contributed by atoms with van der Waals surface area (Å²) in [4.78, 5) is 0. The number of aliphatic hydroxyl groups excluding tert-OH is 4. The number of benzene rings is 2. The number of hydrogen-bond donors (Lipinski definition) is 6. The van der Waals surface area contributed by atoms with E-state index in [1.165, 1.54) is 13.2 Å². The van der Waals surface area contributed by atoms with E-state index in [0.717, 1.165) is 11.1 Å². The van der Waals surface area contributed by atoms with Gasteiger partial charge in [-0.05, 0) is 48.2 Å². The molecule has 0 bridgehead atoms. The Kier molecular flexibility index (Phi) is 7.01. The first kappa shape index (κ1) is 22.1. The predicted octanol–water partition coefficient (Wildman–Crippen LogP) is 0.0703. The van der Waals surface area contributed by atoms with E-state index in [2.05, 4.69) is 0 Å². The van der Waals surface area contributed by atoms with Crippen LogP contribution in [0.25, 0.3) is 0 Å². The molecule has 0 radical (unpaired) electrons. The Morgan fingerprint density at radius 2 is 1.63 bits per heavy atom. The molecule has 9 nitrogen and oxygen atoms in total. The molecule has 0 spiro atoms. The molecule has 1 saturated heterocycles. The average molecular weight is 422 g/mol. The summed E-state index contributed by atoms with van der Waals surface area (Å²) in [5.74, 6) is 0.542. The third-order valence-corrected chi connectivity index (χ3v) is 5.00. The van der Waals surface area contributed by atoms with Crippen LogP contribution < -0.4 is 9.47 Å². The Labute approximate surface area is 173 Å². The maximum atomic E-state index is 10.1. The molecule has 0 saturated carbocycles. The molecular formula is C21H26O9. The van der Waals surface area contributed by atoms with Crippen molar-refractivity contribution in [3.8, 4) is 23.0 Å². The first-order valence-corrected chi connectivity index (χ1v) is 9.48. The second kappa shape index (κ2) is 9.50. The number of hydrogen-bond acceptors (Lipinski definition) is 9. The lowest BCUT2D eigenvalue weighted by molar-refractivity contribution is -0.277.